The predicted octanol–water partition coefficient (Wildman–Crippen LogP) is 27.2. The fourth-order valence-electron chi connectivity index (χ4n) is 13.3. The molecule has 0 bridgehead atoms. The molecular formula is C83H161NO5. The van der Waals surface area contributed by atoms with E-state index in [4.69, 9.17) is 4.74 Å². The van der Waals surface area contributed by atoms with Crippen LogP contribution in [0.5, 0.6) is 0 Å². The highest BCUT2D eigenvalue weighted by Gasteiger charge is 2.20. The molecule has 0 rings (SSSR count). The SMILES string of the molecule is CCCCCCCCCCCCCCCCCCCCCCCCC(O)C(CO)NC(=O)CCCCCCCCCCCCCCCCCCC/C=C\C/C=C\CCCCCCCCCCCOC(=O)CCCCCCCCCCCCCCCCCCC. The van der Waals surface area contributed by atoms with E-state index in [1.807, 2.05) is 0 Å². The summed E-state index contributed by atoms with van der Waals surface area (Å²) in [5.41, 5.74) is 0. The largest absolute Gasteiger partial charge is 0.466 e. The molecule has 1 amide bonds. The lowest BCUT2D eigenvalue weighted by Crippen LogP contribution is -2.45. The normalized spacial score (nSPS) is 12.5. The van der Waals surface area contributed by atoms with E-state index in [1.54, 1.807) is 0 Å². The molecule has 0 aromatic rings. The summed E-state index contributed by atoms with van der Waals surface area (Å²) in [5, 5.41) is 23.5. The van der Waals surface area contributed by atoms with Crippen LogP contribution in [0.2, 0.25) is 0 Å². The third-order valence-corrected chi connectivity index (χ3v) is 19.5. The Hall–Kier alpha value is -1.66. The van der Waals surface area contributed by atoms with E-state index >= 15 is 0 Å². The Morgan fingerprint density at radius 1 is 0.315 bits per heavy atom. The van der Waals surface area contributed by atoms with E-state index in [0.29, 0.717) is 25.9 Å². The van der Waals surface area contributed by atoms with Crippen molar-refractivity contribution >= 4 is 11.9 Å². The Balaban J connectivity index is 3.37. The van der Waals surface area contributed by atoms with Crippen molar-refractivity contribution in [3.8, 4) is 0 Å². The van der Waals surface area contributed by atoms with E-state index in [9.17, 15) is 19.8 Å². The monoisotopic (exact) mass is 1250 g/mol. The molecule has 6 heteroatoms. The van der Waals surface area contributed by atoms with Crippen molar-refractivity contribution < 1.29 is 24.5 Å². The first-order valence-corrected chi connectivity index (χ1v) is 41.1. The molecular weight excluding hydrogens is 1090 g/mol. The summed E-state index contributed by atoms with van der Waals surface area (Å²) in [4.78, 5) is 24.7. The first-order valence-electron chi connectivity index (χ1n) is 41.1. The summed E-state index contributed by atoms with van der Waals surface area (Å²) in [5.74, 6) is -0.00813. The van der Waals surface area contributed by atoms with Crippen molar-refractivity contribution in [2.75, 3.05) is 13.2 Å². The van der Waals surface area contributed by atoms with Crippen LogP contribution in [0.3, 0.4) is 0 Å². The lowest BCUT2D eigenvalue weighted by Gasteiger charge is -2.22. The molecule has 0 aliphatic rings. The molecule has 0 saturated heterocycles. The minimum atomic E-state index is -0.664. The highest BCUT2D eigenvalue weighted by molar-refractivity contribution is 5.76. The van der Waals surface area contributed by atoms with Gasteiger partial charge < -0.3 is 20.3 Å². The molecule has 89 heavy (non-hydrogen) atoms. The molecule has 3 N–H and O–H groups in total. The number of carbonyl (C=O) groups excluding carboxylic acids is 2. The molecule has 0 aromatic heterocycles. The second-order valence-corrected chi connectivity index (χ2v) is 28.5. The van der Waals surface area contributed by atoms with Crippen molar-refractivity contribution in [3.05, 3.63) is 24.3 Å². The maximum atomic E-state index is 12.6. The first kappa shape index (κ1) is 87.3. The van der Waals surface area contributed by atoms with Gasteiger partial charge in [-0.1, -0.05) is 423 Å². The van der Waals surface area contributed by atoms with Crippen LogP contribution in [0.4, 0.5) is 0 Å². The molecule has 0 heterocycles. The van der Waals surface area contributed by atoms with Crippen LogP contribution in [0.1, 0.15) is 470 Å². The van der Waals surface area contributed by atoms with Crippen LogP contribution in [-0.4, -0.2) is 47.4 Å². The number of carbonyl (C=O) groups is 2. The summed E-state index contributed by atoms with van der Waals surface area (Å²) >= 11 is 0. The van der Waals surface area contributed by atoms with Gasteiger partial charge in [-0.2, -0.15) is 0 Å². The summed E-state index contributed by atoms with van der Waals surface area (Å²) in [6, 6.07) is -0.541. The number of rotatable bonds is 78. The number of aliphatic hydroxyl groups is 2. The fourth-order valence-corrected chi connectivity index (χ4v) is 13.3. The zero-order valence-electron chi connectivity index (χ0n) is 60.7. The fraction of sp³-hybridized carbons (Fsp3) is 0.928. The molecule has 0 aliphatic heterocycles. The summed E-state index contributed by atoms with van der Waals surface area (Å²) in [6.45, 7) is 5.01. The second-order valence-electron chi connectivity index (χ2n) is 28.5. The molecule has 2 atom stereocenters. The lowest BCUT2D eigenvalue weighted by atomic mass is 10.0. The summed E-state index contributed by atoms with van der Waals surface area (Å²) in [7, 11) is 0. The van der Waals surface area contributed by atoms with Crippen molar-refractivity contribution in [1.29, 1.82) is 0 Å². The summed E-state index contributed by atoms with van der Waals surface area (Å²) in [6.07, 6.45) is 101. The van der Waals surface area contributed by atoms with Gasteiger partial charge in [0.05, 0.1) is 25.4 Å². The van der Waals surface area contributed by atoms with E-state index in [2.05, 4.69) is 43.5 Å². The number of aliphatic hydroxyl groups excluding tert-OH is 2. The van der Waals surface area contributed by atoms with E-state index in [0.717, 1.165) is 44.9 Å². The molecule has 528 valence electrons. The maximum absolute atomic E-state index is 12.6. The van der Waals surface area contributed by atoms with Crippen molar-refractivity contribution in [2.45, 2.75) is 482 Å². The number of ether oxygens (including phenoxy) is 1. The van der Waals surface area contributed by atoms with Gasteiger partial charge >= 0.3 is 5.97 Å². The molecule has 2 unspecified atom stereocenters. The topological polar surface area (TPSA) is 95.9 Å². The Morgan fingerprint density at radius 2 is 0.562 bits per heavy atom. The standard InChI is InChI=1S/C83H161NO5/c1-3-5-7-9-11-13-15-17-19-21-22-23-37-40-44-47-51-55-59-63-67-71-75-81(86)80(79-85)84-82(87)76-72-68-64-60-56-52-48-45-41-38-35-33-31-29-27-25-24-26-28-30-32-34-36-39-42-46-50-54-58-62-66-70-74-78-89-83(88)77-73-69-65-61-57-53-49-43-20-18-16-14-12-10-8-6-4-2/h28,30,34,36,80-81,85-86H,3-27,29,31-33,35,37-79H2,1-2H3,(H,84,87)/b30-28-,36-34-. The van der Waals surface area contributed by atoms with Gasteiger partial charge in [-0.05, 0) is 57.8 Å². The van der Waals surface area contributed by atoms with Gasteiger partial charge in [-0.25, -0.2) is 0 Å². The van der Waals surface area contributed by atoms with Crippen molar-refractivity contribution in [2.24, 2.45) is 0 Å². The van der Waals surface area contributed by atoms with E-state index in [1.165, 1.54) is 392 Å². The lowest BCUT2D eigenvalue weighted by molar-refractivity contribution is -0.143. The van der Waals surface area contributed by atoms with Crippen LogP contribution in [0.25, 0.3) is 0 Å². The zero-order chi connectivity index (χ0) is 64.2. The van der Waals surface area contributed by atoms with Crippen LogP contribution in [-0.2, 0) is 14.3 Å². The van der Waals surface area contributed by atoms with Gasteiger partial charge in [0.2, 0.25) is 5.91 Å². The van der Waals surface area contributed by atoms with E-state index < -0.39 is 12.1 Å². The van der Waals surface area contributed by atoms with Crippen molar-refractivity contribution in [3.63, 3.8) is 0 Å². The quantitative estimate of drug-likeness (QED) is 0.0320. The van der Waals surface area contributed by atoms with Gasteiger partial charge in [0.25, 0.3) is 0 Å². The Bertz CT molecular complexity index is 1400. The Labute approximate surface area is 558 Å². The predicted molar refractivity (Wildman–Crippen MR) is 393 cm³/mol. The molecule has 0 radical (unpaired) electrons. The van der Waals surface area contributed by atoms with Gasteiger partial charge in [0, 0.05) is 12.8 Å². The number of hydrogen-bond donors (Lipinski definition) is 3. The zero-order valence-corrected chi connectivity index (χ0v) is 60.7. The maximum Gasteiger partial charge on any atom is 0.305 e. The number of hydrogen-bond acceptors (Lipinski definition) is 5. The number of unbranched alkanes of at least 4 members (excludes halogenated alkanes) is 63. The third kappa shape index (κ3) is 75.3. The second kappa shape index (κ2) is 78.8. The first-order chi connectivity index (χ1) is 44.0. The number of allylic oxidation sites excluding steroid dienone is 4. The Kier molecular flexibility index (Phi) is 77.3. The van der Waals surface area contributed by atoms with Gasteiger partial charge in [0.1, 0.15) is 0 Å². The van der Waals surface area contributed by atoms with Crippen LogP contribution < -0.4 is 5.32 Å². The molecule has 6 nitrogen and oxygen atoms in total. The molecule has 0 aromatic carbocycles. The van der Waals surface area contributed by atoms with Gasteiger partial charge in [0.15, 0.2) is 0 Å². The number of esters is 1. The van der Waals surface area contributed by atoms with Crippen LogP contribution >= 0.6 is 0 Å². The highest BCUT2D eigenvalue weighted by atomic mass is 16.5. The van der Waals surface area contributed by atoms with E-state index in [-0.39, 0.29) is 18.5 Å². The molecule has 0 saturated carbocycles. The summed E-state index contributed by atoms with van der Waals surface area (Å²) < 4.78 is 5.51. The number of nitrogens with one attached hydrogen (secondary N) is 1. The van der Waals surface area contributed by atoms with Crippen molar-refractivity contribution in [1.82, 2.24) is 5.32 Å². The highest BCUT2D eigenvalue weighted by Crippen LogP contribution is 2.20. The van der Waals surface area contributed by atoms with Crippen LogP contribution in [0.15, 0.2) is 24.3 Å². The number of amides is 1. The molecule has 0 fully saturated rings. The van der Waals surface area contributed by atoms with Gasteiger partial charge in [-0.3, -0.25) is 9.59 Å². The average molecular weight is 1250 g/mol. The molecule has 0 spiro atoms. The molecule has 0 aliphatic carbocycles. The minimum absolute atomic E-state index is 0.0193. The third-order valence-electron chi connectivity index (χ3n) is 19.5. The smallest absolute Gasteiger partial charge is 0.305 e. The Morgan fingerprint density at radius 3 is 0.854 bits per heavy atom. The average Bonchev–Trinajstić information content (AvgIpc) is 3.60. The van der Waals surface area contributed by atoms with Crippen LogP contribution in [0, 0.1) is 0 Å². The van der Waals surface area contributed by atoms with Gasteiger partial charge in [-0.15, -0.1) is 0 Å². The minimum Gasteiger partial charge on any atom is -0.466 e.